The summed E-state index contributed by atoms with van der Waals surface area (Å²) in [5, 5.41) is 0. The Balaban J connectivity index is 2.39. The van der Waals surface area contributed by atoms with Crippen LogP contribution in [0.1, 0.15) is 55.1 Å². The molecule has 1 heterocycles. The Bertz CT molecular complexity index is 696. The van der Waals surface area contributed by atoms with Crippen molar-refractivity contribution in [3.63, 3.8) is 0 Å². The van der Waals surface area contributed by atoms with Crippen LogP contribution in [0.2, 0.25) is 0 Å². The Hall–Kier alpha value is -2.23. The molecule has 1 aliphatic heterocycles. The van der Waals surface area contributed by atoms with E-state index < -0.39 is 5.97 Å². The van der Waals surface area contributed by atoms with Crippen LogP contribution in [-0.2, 0) is 4.74 Å². The smallest absolute Gasteiger partial charge is 0.341 e. The van der Waals surface area contributed by atoms with E-state index in [-0.39, 0.29) is 5.60 Å². The summed E-state index contributed by atoms with van der Waals surface area (Å²) in [6.45, 7) is 8.12. The molecule has 130 valence electrons. The van der Waals surface area contributed by atoms with Crippen molar-refractivity contribution in [2.24, 2.45) is 0 Å². The highest BCUT2D eigenvalue weighted by atomic mass is 16.5. The van der Waals surface area contributed by atoms with Crippen molar-refractivity contribution in [2.45, 2.75) is 46.1 Å². The first-order valence-corrected chi connectivity index (χ1v) is 8.13. The molecular formula is C20H26O4. The first kappa shape index (κ1) is 18.1. The van der Waals surface area contributed by atoms with E-state index in [4.69, 9.17) is 14.2 Å². The third-order valence-corrected chi connectivity index (χ3v) is 4.21. The van der Waals surface area contributed by atoms with Gasteiger partial charge in [-0.25, -0.2) is 4.79 Å². The molecule has 0 radical (unpaired) electrons. The fraction of sp³-hybridized carbons (Fsp3) is 0.450. The summed E-state index contributed by atoms with van der Waals surface area (Å²) in [6.07, 6.45) is 8.06. The molecule has 0 saturated heterocycles. The number of carbonyl (C=O) groups is 1. The zero-order chi connectivity index (χ0) is 17.9. The van der Waals surface area contributed by atoms with Gasteiger partial charge in [0.15, 0.2) is 0 Å². The summed E-state index contributed by atoms with van der Waals surface area (Å²) in [4.78, 5) is 12.1. The summed E-state index contributed by atoms with van der Waals surface area (Å²) >= 11 is 0. The monoisotopic (exact) mass is 330 g/mol. The minimum Gasteiger partial charge on any atom is -0.495 e. The molecule has 4 heteroatoms. The summed E-state index contributed by atoms with van der Waals surface area (Å²) in [5.74, 6) is 0.830. The number of esters is 1. The third kappa shape index (κ3) is 3.64. The van der Waals surface area contributed by atoms with Crippen molar-refractivity contribution < 1.29 is 19.0 Å². The second kappa shape index (κ2) is 7.12. The van der Waals surface area contributed by atoms with Gasteiger partial charge in [0.1, 0.15) is 22.7 Å². The van der Waals surface area contributed by atoms with Gasteiger partial charge in [0.05, 0.1) is 19.8 Å². The topological polar surface area (TPSA) is 44.8 Å². The molecule has 1 unspecified atom stereocenters. The quantitative estimate of drug-likeness (QED) is 0.580. The largest absolute Gasteiger partial charge is 0.495 e. The number of benzene rings is 1. The molecule has 0 fully saturated rings. The summed E-state index contributed by atoms with van der Waals surface area (Å²) < 4.78 is 16.6. The summed E-state index contributed by atoms with van der Waals surface area (Å²) in [7, 11) is 2.92. The molecule has 1 aromatic carbocycles. The number of fused-ring (bicyclic) bond motifs is 1. The van der Waals surface area contributed by atoms with Crippen molar-refractivity contribution in [3.8, 4) is 11.5 Å². The van der Waals surface area contributed by atoms with Crippen LogP contribution in [0.3, 0.4) is 0 Å². The Kier molecular flexibility index (Phi) is 5.37. The van der Waals surface area contributed by atoms with Gasteiger partial charge >= 0.3 is 5.97 Å². The Morgan fingerprint density at radius 2 is 2.04 bits per heavy atom. The number of methoxy groups -OCH3 is 2. The van der Waals surface area contributed by atoms with Crippen molar-refractivity contribution in [3.05, 3.63) is 40.5 Å². The molecule has 1 atom stereocenters. The van der Waals surface area contributed by atoms with E-state index in [0.29, 0.717) is 11.3 Å². The lowest BCUT2D eigenvalue weighted by Crippen LogP contribution is -2.32. The van der Waals surface area contributed by atoms with Crippen LogP contribution in [0.5, 0.6) is 11.5 Å². The van der Waals surface area contributed by atoms with E-state index >= 15 is 0 Å². The first-order chi connectivity index (χ1) is 11.3. The van der Waals surface area contributed by atoms with E-state index in [2.05, 4.69) is 26.8 Å². The fourth-order valence-corrected chi connectivity index (χ4v) is 2.91. The molecule has 0 spiro atoms. The van der Waals surface area contributed by atoms with Gasteiger partial charge in [-0.2, -0.15) is 0 Å². The lowest BCUT2D eigenvalue weighted by molar-refractivity contribution is 0.0596. The highest BCUT2D eigenvalue weighted by Gasteiger charge is 2.31. The van der Waals surface area contributed by atoms with Gasteiger partial charge in [0.25, 0.3) is 0 Å². The van der Waals surface area contributed by atoms with Gasteiger partial charge < -0.3 is 14.2 Å². The molecule has 0 amide bonds. The number of hydrogen-bond donors (Lipinski definition) is 0. The van der Waals surface area contributed by atoms with Gasteiger partial charge in [-0.15, -0.1) is 0 Å². The van der Waals surface area contributed by atoms with E-state index in [0.717, 1.165) is 29.7 Å². The average Bonchev–Trinajstić information content (AvgIpc) is 2.52. The number of carbonyl (C=O) groups excluding carboxylic acids is 1. The van der Waals surface area contributed by atoms with E-state index in [1.807, 2.05) is 25.1 Å². The molecule has 1 aliphatic rings. The number of ether oxygens (including phenoxy) is 3. The zero-order valence-corrected chi connectivity index (χ0v) is 15.4. The van der Waals surface area contributed by atoms with E-state index in [1.54, 1.807) is 7.11 Å². The van der Waals surface area contributed by atoms with E-state index in [1.165, 1.54) is 12.7 Å². The maximum Gasteiger partial charge on any atom is 0.341 e. The van der Waals surface area contributed by atoms with Gasteiger partial charge in [-0.05, 0) is 64.3 Å². The molecule has 1 aromatic rings. The maximum absolute atomic E-state index is 12.1. The number of rotatable bonds is 5. The fourth-order valence-electron chi connectivity index (χ4n) is 2.91. The minimum atomic E-state index is -0.405. The Labute approximate surface area is 144 Å². The lowest BCUT2D eigenvalue weighted by Gasteiger charge is -2.32. The maximum atomic E-state index is 12.1. The molecule has 0 aliphatic carbocycles. The molecule has 2 rings (SSSR count). The summed E-state index contributed by atoms with van der Waals surface area (Å²) in [6, 6.07) is 1.88. The van der Waals surface area contributed by atoms with Gasteiger partial charge in [-0.1, -0.05) is 11.6 Å². The van der Waals surface area contributed by atoms with Gasteiger partial charge in [0, 0.05) is 0 Å². The lowest BCUT2D eigenvalue weighted by atomic mass is 9.92. The van der Waals surface area contributed by atoms with Crippen molar-refractivity contribution >= 4 is 12.0 Å². The molecule has 0 aromatic heterocycles. The Morgan fingerprint density at radius 1 is 1.33 bits per heavy atom. The van der Waals surface area contributed by atoms with Crippen LogP contribution in [0, 0.1) is 6.92 Å². The zero-order valence-electron chi connectivity index (χ0n) is 15.4. The van der Waals surface area contributed by atoms with Crippen LogP contribution in [0.4, 0.5) is 0 Å². The second-order valence-corrected chi connectivity index (χ2v) is 6.57. The molecule has 0 N–H and O–H groups in total. The second-order valence-electron chi connectivity index (χ2n) is 6.57. The van der Waals surface area contributed by atoms with Gasteiger partial charge in [0.2, 0.25) is 0 Å². The predicted molar refractivity (Wildman–Crippen MR) is 95.8 cm³/mol. The normalized spacial score (nSPS) is 18.4. The Morgan fingerprint density at radius 3 is 2.62 bits per heavy atom. The summed E-state index contributed by atoms with van der Waals surface area (Å²) in [5.41, 5.74) is 2.94. The van der Waals surface area contributed by atoms with Crippen molar-refractivity contribution in [1.82, 2.24) is 0 Å². The van der Waals surface area contributed by atoms with Crippen LogP contribution in [-0.4, -0.2) is 25.8 Å². The minimum absolute atomic E-state index is 0.372. The molecule has 24 heavy (non-hydrogen) atoms. The molecule has 0 bridgehead atoms. The number of allylic oxidation sites excluding steroid dienone is 2. The number of aryl methyl sites for hydroxylation is 1. The SMILES string of the molecule is COC(=O)c1c(C)cc2c(c1OC)C=CC(C)(CCC=C(C)C)O2. The molecular weight excluding hydrogens is 304 g/mol. The van der Waals surface area contributed by atoms with Crippen LogP contribution < -0.4 is 9.47 Å². The van der Waals surface area contributed by atoms with E-state index in [9.17, 15) is 4.79 Å². The van der Waals surface area contributed by atoms with Gasteiger partial charge in [-0.3, -0.25) is 0 Å². The number of hydrogen-bond acceptors (Lipinski definition) is 4. The van der Waals surface area contributed by atoms with Crippen molar-refractivity contribution in [1.29, 1.82) is 0 Å². The third-order valence-electron chi connectivity index (χ3n) is 4.21. The molecule has 4 nitrogen and oxygen atoms in total. The standard InChI is InChI=1S/C20H26O4/c1-13(2)8-7-10-20(4)11-9-15-16(24-20)12-14(3)17(18(15)22-5)19(21)23-6/h8-9,11-12H,7,10H2,1-6H3. The average molecular weight is 330 g/mol. The van der Waals surface area contributed by atoms with Crippen LogP contribution >= 0.6 is 0 Å². The highest BCUT2D eigenvalue weighted by Crippen LogP contribution is 2.42. The first-order valence-electron chi connectivity index (χ1n) is 8.13. The molecule has 0 saturated carbocycles. The van der Waals surface area contributed by atoms with Crippen LogP contribution in [0.15, 0.2) is 23.8 Å². The van der Waals surface area contributed by atoms with Crippen LogP contribution in [0.25, 0.3) is 6.08 Å². The predicted octanol–water partition coefficient (Wildman–Crippen LogP) is 4.70. The highest BCUT2D eigenvalue weighted by molar-refractivity contribution is 5.96. The van der Waals surface area contributed by atoms with Crippen molar-refractivity contribution in [2.75, 3.05) is 14.2 Å².